The van der Waals surface area contributed by atoms with Gasteiger partial charge in [0.1, 0.15) is 0 Å². The van der Waals surface area contributed by atoms with Gasteiger partial charge in [0, 0.05) is 6.42 Å². The van der Waals surface area contributed by atoms with Gasteiger partial charge in [-0.1, -0.05) is 54.1 Å². The maximum Gasteiger partial charge on any atom is 0.267 e. The number of benzene rings is 2. The molecule has 0 aliphatic carbocycles. The number of aryl methyl sites for hydroxylation is 1. The smallest absolute Gasteiger partial charge is 0.267 e. The number of rotatable bonds is 4. The van der Waals surface area contributed by atoms with Gasteiger partial charge in [-0.25, -0.2) is 12.7 Å². The molecule has 1 fully saturated rings. The maximum absolute atomic E-state index is 13.0. The highest BCUT2D eigenvalue weighted by molar-refractivity contribution is 7.89. The molecule has 130 valence electrons. The van der Waals surface area contributed by atoms with Gasteiger partial charge in [0.2, 0.25) is 5.91 Å². The maximum atomic E-state index is 13.0. The molecule has 0 saturated carbocycles. The van der Waals surface area contributed by atoms with Crippen molar-refractivity contribution in [2.75, 3.05) is 0 Å². The van der Waals surface area contributed by atoms with Gasteiger partial charge in [-0.3, -0.25) is 4.79 Å². The molecule has 2 atom stereocenters. The Morgan fingerprint density at radius 2 is 1.72 bits per heavy atom. The fourth-order valence-corrected chi connectivity index (χ4v) is 4.84. The van der Waals surface area contributed by atoms with Gasteiger partial charge >= 0.3 is 0 Å². The summed E-state index contributed by atoms with van der Waals surface area (Å²) in [5, 5.41) is 0. The number of nitrogens with zero attached hydrogens (tertiary/aromatic N) is 1. The van der Waals surface area contributed by atoms with E-state index in [0.717, 1.165) is 15.4 Å². The molecule has 1 amide bonds. The van der Waals surface area contributed by atoms with Crippen molar-refractivity contribution < 1.29 is 13.2 Å². The number of carbonyl (C=O) groups excluding carboxylic acids is 1. The average molecular weight is 355 g/mol. The van der Waals surface area contributed by atoms with E-state index in [4.69, 9.17) is 0 Å². The van der Waals surface area contributed by atoms with Crippen molar-refractivity contribution in [3.05, 3.63) is 78.4 Å². The zero-order valence-corrected chi connectivity index (χ0v) is 14.9. The third kappa shape index (κ3) is 3.37. The van der Waals surface area contributed by atoms with Gasteiger partial charge in [0.05, 0.1) is 10.9 Å². The topological polar surface area (TPSA) is 54.5 Å². The second-order valence-electron chi connectivity index (χ2n) is 6.36. The first-order chi connectivity index (χ1) is 11.9. The first-order valence-electron chi connectivity index (χ1n) is 8.25. The summed E-state index contributed by atoms with van der Waals surface area (Å²) < 4.78 is 27.0. The Hall–Kier alpha value is -2.40. The normalized spacial score (nSPS) is 21.2. The molecule has 0 N–H and O–H groups in total. The lowest BCUT2D eigenvalue weighted by Crippen LogP contribution is -2.48. The minimum Gasteiger partial charge on any atom is -0.274 e. The summed E-state index contributed by atoms with van der Waals surface area (Å²) in [5.41, 5.74) is 2.02. The van der Waals surface area contributed by atoms with Crippen LogP contribution in [0.25, 0.3) is 0 Å². The molecular formula is C20H21NO3S. The third-order valence-electron chi connectivity index (χ3n) is 4.61. The molecule has 2 aromatic carbocycles. The van der Waals surface area contributed by atoms with Crippen LogP contribution in [0.1, 0.15) is 29.9 Å². The molecule has 5 heteroatoms. The molecule has 1 aliphatic rings. The summed E-state index contributed by atoms with van der Waals surface area (Å²) in [6.07, 6.45) is 2.28. The van der Waals surface area contributed by atoms with Crippen LogP contribution in [0.5, 0.6) is 0 Å². The predicted molar refractivity (Wildman–Crippen MR) is 97.6 cm³/mol. The average Bonchev–Trinajstić information content (AvgIpc) is 2.61. The summed E-state index contributed by atoms with van der Waals surface area (Å²) in [6.45, 7) is 5.65. The number of hydrogen-bond donors (Lipinski definition) is 0. The second kappa shape index (κ2) is 6.84. The Morgan fingerprint density at radius 3 is 2.32 bits per heavy atom. The molecule has 0 radical (unpaired) electrons. The van der Waals surface area contributed by atoms with Gasteiger partial charge in [-0.2, -0.15) is 0 Å². The number of sulfonamides is 1. The molecule has 1 aliphatic heterocycles. The van der Waals surface area contributed by atoms with Crippen LogP contribution in [0.15, 0.2) is 72.1 Å². The molecule has 0 spiro atoms. The highest BCUT2D eigenvalue weighted by Gasteiger charge is 2.40. The van der Waals surface area contributed by atoms with E-state index in [1.807, 2.05) is 37.3 Å². The molecule has 1 heterocycles. The second-order valence-corrected chi connectivity index (χ2v) is 8.17. The van der Waals surface area contributed by atoms with Crippen molar-refractivity contribution in [1.29, 1.82) is 0 Å². The largest absolute Gasteiger partial charge is 0.274 e. The van der Waals surface area contributed by atoms with E-state index < -0.39 is 16.1 Å². The van der Waals surface area contributed by atoms with E-state index in [9.17, 15) is 13.2 Å². The Balaban J connectivity index is 1.93. The van der Waals surface area contributed by atoms with Crippen LogP contribution in [0.4, 0.5) is 0 Å². The van der Waals surface area contributed by atoms with Crippen molar-refractivity contribution in [3.63, 3.8) is 0 Å². The monoisotopic (exact) mass is 355 g/mol. The molecule has 25 heavy (non-hydrogen) atoms. The summed E-state index contributed by atoms with van der Waals surface area (Å²) in [7, 11) is -3.88. The van der Waals surface area contributed by atoms with E-state index in [2.05, 4.69) is 6.58 Å². The van der Waals surface area contributed by atoms with Crippen LogP contribution in [0, 0.1) is 6.92 Å². The van der Waals surface area contributed by atoms with Crippen molar-refractivity contribution in [1.82, 2.24) is 4.31 Å². The predicted octanol–water partition coefficient (Wildman–Crippen LogP) is 3.64. The van der Waals surface area contributed by atoms with E-state index in [1.54, 1.807) is 30.3 Å². The van der Waals surface area contributed by atoms with E-state index in [-0.39, 0.29) is 23.1 Å². The van der Waals surface area contributed by atoms with Crippen LogP contribution in [0.2, 0.25) is 0 Å². The lowest BCUT2D eigenvalue weighted by molar-refractivity contribution is -0.130. The highest BCUT2D eigenvalue weighted by atomic mass is 32.2. The van der Waals surface area contributed by atoms with Gasteiger partial charge in [0.15, 0.2) is 0 Å². The number of hydrogen-bond acceptors (Lipinski definition) is 3. The van der Waals surface area contributed by atoms with Crippen LogP contribution in [0.3, 0.4) is 0 Å². The van der Waals surface area contributed by atoms with Gasteiger partial charge in [0.25, 0.3) is 10.0 Å². The molecule has 4 nitrogen and oxygen atoms in total. The van der Waals surface area contributed by atoms with Gasteiger partial charge in [-0.15, -0.1) is 6.58 Å². The molecule has 1 saturated heterocycles. The standard InChI is InChI=1S/C20H21NO3S/c1-3-18-13-17(16-7-5-4-6-8-16)14-20(22)21(18)25(23,24)19-11-9-15(2)10-12-19/h3-12,17-18H,1,13-14H2,2H3/t17-,18+/m0/s1. The minimum absolute atomic E-state index is 0.00108. The van der Waals surface area contributed by atoms with Crippen molar-refractivity contribution in [3.8, 4) is 0 Å². The fourth-order valence-electron chi connectivity index (χ4n) is 3.26. The lowest BCUT2D eigenvalue weighted by atomic mass is 9.86. The van der Waals surface area contributed by atoms with Crippen LogP contribution >= 0.6 is 0 Å². The molecular weight excluding hydrogens is 334 g/mol. The van der Waals surface area contributed by atoms with E-state index >= 15 is 0 Å². The van der Waals surface area contributed by atoms with Crippen LogP contribution in [-0.2, 0) is 14.8 Å². The number of amides is 1. The first kappa shape index (κ1) is 17.4. The minimum atomic E-state index is -3.88. The lowest BCUT2D eigenvalue weighted by Gasteiger charge is -2.37. The van der Waals surface area contributed by atoms with Gasteiger partial charge in [-0.05, 0) is 37.0 Å². The number of carbonyl (C=O) groups is 1. The van der Waals surface area contributed by atoms with Crippen LogP contribution < -0.4 is 0 Å². The Labute approximate surface area is 148 Å². The summed E-state index contributed by atoms with van der Waals surface area (Å²) in [5.74, 6) is -0.383. The summed E-state index contributed by atoms with van der Waals surface area (Å²) >= 11 is 0. The zero-order valence-electron chi connectivity index (χ0n) is 14.1. The summed E-state index contributed by atoms with van der Waals surface area (Å²) in [4.78, 5) is 12.9. The molecule has 2 aromatic rings. The van der Waals surface area contributed by atoms with Crippen molar-refractivity contribution in [2.45, 2.75) is 36.6 Å². The van der Waals surface area contributed by atoms with Crippen molar-refractivity contribution >= 4 is 15.9 Å². The fraction of sp³-hybridized carbons (Fsp3) is 0.250. The zero-order chi connectivity index (χ0) is 18.0. The highest BCUT2D eigenvalue weighted by Crippen LogP contribution is 2.35. The summed E-state index contributed by atoms with van der Waals surface area (Å²) in [6, 6.07) is 15.7. The molecule has 0 bridgehead atoms. The van der Waals surface area contributed by atoms with Crippen molar-refractivity contribution in [2.24, 2.45) is 0 Å². The number of piperidine rings is 1. The van der Waals surface area contributed by atoms with E-state index in [1.165, 1.54) is 0 Å². The Bertz CT molecular complexity index is 873. The Kier molecular flexibility index (Phi) is 4.77. The quantitative estimate of drug-likeness (QED) is 0.787. The van der Waals surface area contributed by atoms with Crippen LogP contribution in [-0.4, -0.2) is 24.7 Å². The Morgan fingerprint density at radius 1 is 1.08 bits per heavy atom. The third-order valence-corrected chi connectivity index (χ3v) is 6.48. The molecule has 0 aromatic heterocycles. The molecule has 3 rings (SSSR count). The molecule has 0 unspecified atom stereocenters. The SMILES string of the molecule is C=C[C@@H]1C[C@H](c2ccccc2)CC(=O)N1S(=O)(=O)c1ccc(C)cc1. The first-order valence-corrected chi connectivity index (χ1v) is 9.69. The van der Waals surface area contributed by atoms with E-state index in [0.29, 0.717) is 6.42 Å². The van der Waals surface area contributed by atoms with Gasteiger partial charge < -0.3 is 0 Å².